The van der Waals surface area contributed by atoms with Gasteiger partial charge in [0.05, 0.1) is 50.0 Å². The van der Waals surface area contributed by atoms with Gasteiger partial charge in [0.1, 0.15) is 29.0 Å². The van der Waals surface area contributed by atoms with Gasteiger partial charge < -0.3 is 29.2 Å². The fourth-order valence-corrected chi connectivity index (χ4v) is 4.35. The van der Waals surface area contributed by atoms with Crippen LogP contribution in [0.1, 0.15) is 37.2 Å². The van der Waals surface area contributed by atoms with Crippen LogP contribution in [0.4, 0.5) is 21.1 Å². The van der Waals surface area contributed by atoms with Gasteiger partial charge in [0, 0.05) is 23.9 Å². The predicted molar refractivity (Wildman–Crippen MR) is 167 cm³/mol. The number of nitrogens with one attached hydrogen (secondary N) is 4. The van der Waals surface area contributed by atoms with Crippen LogP contribution in [0, 0.1) is 12.3 Å². The van der Waals surface area contributed by atoms with Gasteiger partial charge >= 0.3 is 18.2 Å². The zero-order valence-electron chi connectivity index (χ0n) is 25.4. The Kier molecular flexibility index (Phi) is 10.9. The average Bonchev–Trinajstić information content (AvgIpc) is 3.46. The monoisotopic (exact) mass is 617 g/mol. The maximum atomic E-state index is 13.3. The maximum absolute atomic E-state index is 13.3. The quantitative estimate of drug-likeness (QED) is 0.0968. The summed E-state index contributed by atoms with van der Waals surface area (Å²) in [4.78, 5) is 50.4. The molecule has 0 aliphatic heterocycles. The molecular formula is C31H35N7O7. The number of methoxy groups -OCH3 is 1. The van der Waals surface area contributed by atoms with E-state index in [9.17, 15) is 14.4 Å². The van der Waals surface area contributed by atoms with Crippen molar-refractivity contribution in [2.24, 2.45) is 0 Å². The van der Waals surface area contributed by atoms with Crippen molar-refractivity contribution in [3.8, 4) is 11.5 Å². The number of carbonyl (C=O) groups excluding carboxylic acids is 3. The molecule has 0 radical (unpaired) electrons. The molecule has 4 rings (SSSR count). The van der Waals surface area contributed by atoms with Gasteiger partial charge in [-0.05, 0) is 63.2 Å². The molecule has 4 aromatic rings. The highest BCUT2D eigenvalue weighted by Crippen LogP contribution is 2.29. The Hall–Kier alpha value is -5.66. The molecule has 0 unspecified atom stereocenters. The van der Waals surface area contributed by atoms with Gasteiger partial charge in [-0.3, -0.25) is 20.4 Å². The maximum Gasteiger partial charge on any atom is 0.420 e. The summed E-state index contributed by atoms with van der Waals surface area (Å²) in [6.07, 6.45) is 0.128. The summed E-state index contributed by atoms with van der Waals surface area (Å²) in [5.41, 5.74) is 3.09. The van der Waals surface area contributed by atoms with E-state index in [0.29, 0.717) is 52.0 Å². The molecule has 236 valence electrons. The number of nitrogens with zero attached hydrogens (tertiary/aromatic N) is 3. The first-order valence-electron chi connectivity index (χ1n) is 14.2. The summed E-state index contributed by atoms with van der Waals surface area (Å²) >= 11 is 0. The Morgan fingerprint density at radius 3 is 2.53 bits per heavy atom. The number of amides is 2. The molecule has 4 N–H and O–H groups in total. The highest BCUT2D eigenvalue weighted by atomic mass is 16.6. The molecule has 0 aliphatic carbocycles. The molecule has 0 saturated carbocycles. The Bertz CT molecular complexity index is 1670. The second-order valence-electron chi connectivity index (χ2n) is 9.52. The van der Waals surface area contributed by atoms with E-state index in [4.69, 9.17) is 29.3 Å². The molecule has 0 bridgehead atoms. The van der Waals surface area contributed by atoms with Crippen molar-refractivity contribution in [1.29, 1.82) is 5.41 Å². The Morgan fingerprint density at radius 2 is 1.82 bits per heavy atom. The molecular weight excluding hydrogens is 582 g/mol. The fraction of sp³-hybridized carbons (Fsp3) is 0.290. The number of H-pyrrole nitrogens is 1. The number of imidazole rings is 1. The van der Waals surface area contributed by atoms with E-state index in [1.165, 1.54) is 12.0 Å². The van der Waals surface area contributed by atoms with Gasteiger partial charge in [-0.25, -0.2) is 19.6 Å². The van der Waals surface area contributed by atoms with Crippen LogP contribution in [0.2, 0.25) is 0 Å². The molecule has 2 aromatic carbocycles. The summed E-state index contributed by atoms with van der Waals surface area (Å²) in [5.74, 6) is 1.18. The molecule has 0 spiro atoms. The van der Waals surface area contributed by atoms with Crippen molar-refractivity contribution in [3.05, 3.63) is 71.7 Å². The molecule has 0 atom stereocenters. The van der Waals surface area contributed by atoms with E-state index < -0.39 is 18.2 Å². The van der Waals surface area contributed by atoms with Crippen molar-refractivity contribution in [2.45, 2.75) is 33.7 Å². The number of carbonyl (C=O) groups is 3. The van der Waals surface area contributed by atoms with Gasteiger partial charge in [0.25, 0.3) is 0 Å². The van der Waals surface area contributed by atoms with Crippen molar-refractivity contribution in [2.75, 3.05) is 37.1 Å². The number of hydrogen-bond acceptors (Lipinski definition) is 11. The third-order valence-corrected chi connectivity index (χ3v) is 6.53. The minimum absolute atomic E-state index is 0.0201. The Morgan fingerprint density at radius 1 is 1.02 bits per heavy atom. The van der Waals surface area contributed by atoms with E-state index in [1.807, 2.05) is 0 Å². The zero-order chi connectivity index (χ0) is 32.3. The first-order chi connectivity index (χ1) is 21.7. The van der Waals surface area contributed by atoms with Gasteiger partial charge in [-0.1, -0.05) is 6.07 Å². The summed E-state index contributed by atoms with van der Waals surface area (Å²) in [6.45, 7) is 5.97. The van der Waals surface area contributed by atoms with Crippen LogP contribution < -0.4 is 25.0 Å². The SMILES string of the molecule is CCOC(=O)CCN(C(=O)Oc1ccc2[nH]c(CNc3ccc(C(=N)NC(=O)OCC)cc3OC)nc2c1C)c1ccccn1. The fourth-order valence-electron chi connectivity index (χ4n) is 4.35. The number of aromatic amines is 1. The number of amidine groups is 1. The Labute approximate surface area is 259 Å². The van der Waals surface area contributed by atoms with Gasteiger partial charge in [0.15, 0.2) is 0 Å². The minimum Gasteiger partial charge on any atom is -0.495 e. The van der Waals surface area contributed by atoms with Crippen molar-refractivity contribution in [3.63, 3.8) is 0 Å². The minimum atomic E-state index is -0.707. The van der Waals surface area contributed by atoms with Gasteiger partial charge in [0.2, 0.25) is 0 Å². The van der Waals surface area contributed by atoms with Crippen LogP contribution in [0.3, 0.4) is 0 Å². The van der Waals surface area contributed by atoms with Crippen LogP contribution in [0.25, 0.3) is 11.0 Å². The summed E-state index contributed by atoms with van der Waals surface area (Å²) in [6, 6.07) is 13.6. The van der Waals surface area contributed by atoms with Gasteiger partial charge in [-0.2, -0.15) is 0 Å². The zero-order valence-corrected chi connectivity index (χ0v) is 25.4. The van der Waals surface area contributed by atoms with Crippen molar-refractivity contribution in [1.82, 2.24) is 20.3 Å². The lowest BCUT2D eigenvalue weighted by atomic mass is 10.1. The lowest BCUT2D eigenvalue weighted by molar-refractivity contribution is -0.142. The molecule has 2 heterocycles. The van der Waals surface area contributed by atoms with Crippen LogP contribution in [-0.2, 0) is 20.8 Å². The smallest absolute Gasteiger partial charge is 0.420 e. The lowest BCUT2D eigenvalue weighted by Crippen LogP contribution is -2.36. The van der Waals surface area contributed by atoms with E-state index in [1.54, 1.807) is 75.5 Å². The second-order valence-corrected chi connectivity index (χ2v) is 9.52. The number of pyridine rings is 1. The first kappa shape index (κ1) is 32.3. The highest BCUT2D eigenvalue weighted by molar-refractivity contribution is 6.05. The Balaban J connectivity index is 1.46. The number of aromatic nitrogens is 3. The standard InChI is InChI=1S/C31H35N7O7/c1-5-43-27(39)14-16-38(26-9-7-8-15-33-26)31(41)45-23-13-12-22-28(19(23)3)36-25(35-22)18-34-21-11-10-20(17-24(21)42-4)29(32)37-30(40)44-6-2/h7-13,15,17,34H,5-6,14,16,18H2,1-4H3,(H,35,36)(H2,32,37,40). The van der Waals surface area contributed by atoms with Gasteiger partial charge in [-0.15, -0.1) is 0 Å². The van der Waals surface area contributed by atoms with E-state index in [-0.39, 0.29) is 32.0 Å². The van der Waals surface area contributed by atoms with Crippen LogP contribution in [-0.4, -0.2) is 65.8 Å². The summed E-state index contributed by atoms with van der Waals surface area (Å²) in [7, 11) is 1.51. The topological polar surface area (TPSA) is 181 Å². The van der Waals surface area contributed by atoms with E-state index >= 15 is 0 Å². The number of alkyl carbamates (subject to hydrolysis) is 1. The number of hydrogen-bond donors (Lipinski definition) is 4. The second kappa shape index (κ2) is 15.2. The molecule has 14 heteroatoms. The summed E-state index contributed by atoms with van der Waals surface area (Å²) in [5, 5.41) is 13.8. The number of rotatable bonds is 12. The van der Waals surface area contributed by atoms with Crippen LogP contribution in [0.15, 0.2) is 54.7 Å². The average molecular weight is 618 g/mol. The number of esters is 1. The first-order valence-corrected chi connectivity index (χ1v) is 14.2. The number of ether oxygens (including phenoxy) is 4. The number of anilines is 2. The third-order valence-electron chi connectivity index (χ3n) is 6.53. The third kappa shape index (κ3) is 8.25. The van der Waals surface area contributed by atoms with Crippen molar-refractivity contribution >= 4 is 46.5 Å². The normalized spacial score (nSPS) is 10.6. The van der Waals surface area contributed by atoms with Crippen LogP contribution >= 0.6 is 0 Å². The lowest BCUT2D eigenvalue weighted by Gasteiger charge is -2.21. The van der Waals surface area contributed by atoms with E-state index in [2.05, 4.69) is 20.6 Å². The van der Waals surface area contributed by atoms with Crippen molar-refractivity contribution < 1.29 is 33.3 Å². The van der Waals surface area contributed by atoms with Crippen LogP contribution in [0.5, 0.6) is 11.5 Å². The number of benzene rings is 2. The molecule has 14 nitrogen and oxygen atoms in total. The molecule has 0 aliphatic rings. The highest BCUT2D eigenvalue weighted by Gasteiger charge is 2.22. The molecule has 0 fully saturated rings. The number of fused-ring (bicyclic) bond motifs is 1. The molecule has 2 amide bonds. The molecule has 2 aromatic heterocycles. The molecule has 0 saturated heterocycles. The number of aryl methyl sites for hydroxylation is 1. The van der Waals surface area contributed by atoms with E-state index in [0.717, 1.165) is 5.52 Å². The predicted octanol–water partition coefficient (Wildman–Crippen LogP) is 4.92. The summed E-state index contributed by atoms with van der Waals surface area (Å²) < 4.78 is 21.1. The molecule has 45 heavy (non-hydrogen) atoms. The largest absolute Gasteiger partial charge is 0.495 e.